The molecule has 0 aliphatic carbocycles. The highest BCUT2D eigenvalue weighted by atomic mass is 32.2. The van der Waals surface area contributed by atoms with Gasteiger partial charge in [-0.1, -0.05) is 19.9 Å². The fraction of sp³-hybridized carbons (Fsp3) is 0.400. The van der Waals surface area contributed by atoms with Crippen LogP contribution in [0.1, 0.15) is 20.8 Å². The molecule has 0 saturated heterocycles. The van der Waals surface area contributed by atoms with E-state index in [4.69, 9.17) is 5.73 Å². The normalized spacial score (nSPS) is 15.3. The van der Waals surface area contributed by atoms with Crippen LogP contribution in [0.15, 0.2) is 41.4 Å². The Morgan fingerprint density at radius 1 is 1.29 bits per heavy atom. The van der Waals surface area contributed by atoms with Crippen molar-refractivity contribution in [2.45, 2.75) is 31.2 Å². The van der Waals surface area contributed by atoms with Crippen LogP contribution in [0.3, 0.4) is 0 Å². The number of nitrogens with two attached hydrogens (primary N) is 1. The van der Waals surface area contributed by atoms with E-state index in [0.29, 0.717) is 10.9 Å². The number of rotatable bonds is 5. The second-order valence-corrected chi connectivity index (χ2v) is 7.36. The third-order valence-electron chi connectivity index (χ3n) is 3.96. The van der Waals surface area contributed by atoms with Crippen molar-refractivity contribution in [2.24, 2.45) is 11.7 Å². The van der Waals surface area contributed by atoms with Gasteiger partial charge in [0, 0.05) is 23.7 Å². The summed E-state index contributed by atoms with van der Waals surface area (Å²) in [6.07, 6.45) is 1.64. The summed E-state index contributed by atoms with van der Waals surface area (Å²) in [5.41, 5.74) is 5.73. The molecule has 2 aromatic rings. The van der Waals surface area contributed by atoms with Gasteiger partial charge in [-0.05, 0) is 37.1 Å². The second-order valence-electron chi connectivity index (χ2n) is 5.71. The number of fused-ring (bicyclic) bond motifs is 1. The van der Waals surface area contributed by atoms with E-state index in [0.717, 1.165) is 0 Å². The van der Waals surface area contributed by atoms with Crippen LogP contribution in [-0.4, -0.2) is 25.5 Å². The van der Waals surface area contributed by atoms with Gasteiger partial charge in [-0.25, -0.2) is 13.1 Å². The highest BCUT2D eigenvalue weighted by molar-refractivity contribution is 7.89. The van der Waals surface area contributed by atoms with Crippen molar-refractivity contribution < 1.29 is 8.42 Å². The van der Waals surface area contributed by atoms with Gasteiger partial charge in [0.2, 0.25) is 10.0 Å². The highest BCUT2D eigenvalue weighted by Crippen LogP contribution is 2.24. The standard InChI is InChI=1S/C15H21N3O2S/c1-11(2)15(3,10-16)18-21(19,20)14-8-4-7-13-12(14)6-5-9-17-13/h4-9,11,18H,10,16H2,1-3H3. The summed E-state index contributed by atoms with van der Waals surface area (Å²) in [5.74, 6) is 0.0744. The molecule has 1 atom stereocenters. The first-order chi connectivity index (χ1) is 9.80. The molecule has 0 saturated carbocycles. The van der Waals surface area contributed by atoms with Crippen molar-refractivity contribution in [3.8, 4) is 0 Å². The molecule has 6 heteroatoms. The molecule has 1 heterocycles. The topological polar surface area (TPSA) is 85.1 Å². The second kappa shape index (κ2) is 5.71. The number of benzene rings is 1. The van der Waals surface area contributed by atoms with E-state index in [9.17, 15) is 8.42 Å². The predicted molar refractivity (Wildman–Crippen MR) is 84.4 cm³/mol. The number of hydrogen-bond donors (Lipinski definition) is 2. The number of aromatic nitrogens is 1. The lowest BCUT2D eigenvalue weighted by atomic mass is 9.90. The molecule has 0 bridgehead atoms. The van der Waals surface area contributed by atoms with Gasteiger partial charge in [-0.3, -0.25) is 4.98 Å². The summed E-state index contributed by atoms with van der Waals surface area (Å²) in [6.45, 7) is 5.94. The molecule has 0 fully saturated rings. The highest BCUT2D eigenvalue weighted by Gasteiger charge is 2.33. The molecule has 0 aliphatic rings. The number of nitrogens with zero attached hydrogens (tertiary/aromatic N) is 1. The maximum atomic E-state index is 12.7. The van der Waals surface area contributed by atoms with E-state index in [2.05, 4.69) is 9.71 Å². The first-order valence-electron chi connectivity index (χ1n) is 6.88. The fourth-order valence-corrected chi connectivity index (χ4v) is 3.83. The van der Waals surface area contributed by atoms with Crippen LogP contribution in [0.2, 0.25) is 0 Å². The Morgan fingerprint density at radius 2 is 2.00 bits per heavy atom. The molecule has 0 amide bonds. The van der Waals surface area contributed by atoms with Crippen molar-refractivity contribution in [2.75, 3.05) is 6.54 Å². The first-order valence-corrected chi connectivity index (χ1v) is 8.36. The summed E-state index contributed by atoms with van der Waals surface area (Å²) in [6, 6.07) is 8.56. The summed E-state index contributed by atoms with van der Waals surface area (Å²) in [7, 11) is -3.67. The number of pyridine rings is 1. The van der Waals surface area contributed by atoms with Crippen LogP contribution < -0.4 is 10.5 Å². The van der Waals surface area contributed by atoms with Crippen molar-refractivity contribution in [3.05, 3.63) is 36.5 Å². The van der Waals surface area contributed by atoms with Crippen LogP contribution in [0.25, 0.3) is 10.9 Å². The van der Waals surface area contributed by atoms with Gasteiger partial charge in [0.05, 0.1) is 10.4 Å². The van der Waals surface area contributed by atoms with E-state index in [1.807, 2.05) is 20.8 Å². The molecule has 0 spiro atoms. The summed E-state index contributed by atoms with van der Waals surface area (Å²) < 4.78 is 28.2. The largest absolute Gasteiger partial charge is 0.329 e. The lowest BCUT2D eigenvalue weighted by molar-refractivity contribution is 0.315. The molecule has 0 aliphatic heterocycles. The van der Waals surface area contributed by atoms with Gasteiger partial charge >= 0.3 is 0 Å². The van der Waals surface area contributed by atoms with Gasteiger partial charge in [0.25, 0.3) is 0 Å². The van der Waals surface area contributed by atoms with Crippen molar-refractivity contribution >= 4 is 20.9 Å². The third-order valence-corrected chi connectivity index (χ3v) is 5.63. The Hall–Kier alpha value is -1.50. The van der Waals surface area contributed by atoms with Crippen LogP contribution in [0.5, 0.6) is 0 Å². The maximum absolute atomic E-state index is 12.7. The number of sulfonamides is 1. The molecule has 2 rings (SSSR count). The molecule has 3 N–H and O–H groups in total. The van der Waals surface area contributed by atoms with Crippen LogP contribution in [0.4, 0.5) is 0 Å². The van der Waals surface area contributed by atoms with Crippen molar-refractivity contribution in [1.82, 2.24) is 9.71 Å². The molecule has 1 aromatic carbocycles. The summed E-state index contributed by atoms with van der Waals surface area (Å²) in [4.78, 5) is 4.42. The van der Waals surface area contributed by atoms with Gasteiger partial charge in [-0.2, -0.15) is 0 Å². The van der Waals surface area contributed by atoms with Gasteiger partial charge < -0.3 is 5.73 Å². The van der Waals surface area contributed by atoms with E-state index in [1.54, 1.807) is 36.5 Å². The maximum Gasteiger partial charge on any atom is 0.241 e. The van der Waals surface area contributed by atoms with E-state index in [1.165, 1.54) is 0 Å². The molecule has 21 heavy (non-hydrogen) atoms. The van der Waals surface area contributed by atoms with Gasteiger partial charge in [-0.15, -0.1) is 0 Å². The average Bonchev–Trinajstić information content (AvgIpc) is 2.45. The van der Waals surface area contributed by atoms with E-state index >= 15 is 0 Å². The smallest absolute Gasteiger partial charge is 0.241 e. The molecular formula is C15H21N3O2S. The quantitative estimate of drug-likeness (QED) is 0.883. The van der Waals surface area contributed by atoms with Crippen molar-refractivity contribution in [3.63, 3.8) is 0 Å². The summed E-state index contributed by atoms with van der Waals surface area (Å²) >= 11 is 0. The molecule has 0 radical (unpaired) electrons. The molecule has 1 aromatic heterocycles. The van der Waals surface area contributed by atoms with Crippen LogP contribution in [-0.2, 0) is 10.0 Å². The molecule has 1 unspecified atom stereocenters. The minimum Gasteiger partial charge on any atom is -0.329 e. The Kier molecular flexibility index (Phi) is 4.32. The SMILES string of the molecule is CC(C)C(C)(CN)NS(=O)(=O)c1cccc2ncccc12. The van der Waals surface area contributed by atoms with Crippen LogP contribution >= 0.6 is 0 Å². The number of nitrogens with one attached hydrogen (secondary N) is 1. The first kappa shape index (κ1) is 15.9. The summed E-state index contributed by atoms with van der Waals surface area (Å²) in [5, 5.41) is 0.607. The van der Waals surface area contributed by atoms with Gasteiger partial charge in [0.15, 0.2) is 0 Å². The predicted octanol–water partition coefficient (Wildman–Crippen LogP) is 1.89. The Labute approximate surface area is 125 Å². The third kappa shape index (κ3) is 3.07. The number of hydrogen-bond acceptors (Lipinski definition) is 4. The molecular weight excluding hydrogens is 286 g/mol. The monoisotopic (exact) mass is 307 g/mol. The lowest BCUT2D eigenvalue weighted by Crippen LogP contribution is -2.54. The lowest BCUT2D eigenvalue weighted by Gasteiger charge is -2.33. The van der Waals surface area contributed by atoms with E-state index < -0.39 is 15.6 Å². The Balaban J connectivity index is 2.53. The molecule has 114 valence electrons. The Bertz CT molecular complexity index is 738. The van der Waals surface area contributed by atoms with E-state index in [-0.39, 0.29) is 17.4 Å². The minimum atomic E-state index is -3.67. The van der Waals surface area contributed by atoms with Gasteiger partial charge in [0.1, 0.15) is 0 Å². The fourth-order valence-electron chi connectivity index (χ4n) is 2.07. The zero-order chi connectivity index (χ0) is 15.7. The molecule has 5 nitrogen and oxygen atoms in total. The minimum absolute atomic E-state index is 0.0744. The zero-order valence-electron chi connectivity index (χ0n) is 12.5. The Morgan fingerprint density at radius 3 is 2.62 bits per heavy atom. The average molecular weight is 307 g/mol. The van der Waals surface area contributed by atoms with Crippen LogP contribution in [0, 0.1) is 5.92 Å². The zero-order valence-corrected chi connectivity index (χ0v) is 13.3. The van der Waals surface area contributed by atoms with Crippen molar-refractivity contribution in [1.29, 1.82) is 0 Å².